The number of nitrogens with one attached hydrogen (secondary N) is 1. The summed E-state index contributed by atoms with van der Waals surface area (Å²) in [5, 5.41) is 19.4. The highest BCUT2D eigenvalue weighted by molar-refractivity contribution is 7.86. The number of hydrogen-bond donors (Lipinski definition) is 5. The topological polar surface area (TPSA) is 216 Å². The van der Waals surface area contributed by atoms with E-state index in [1.807, 2.05) is 0 Å². The lowest BCUT2D eigenvalue weighted by Gasteiger charge is -2.13. The molecule has 0 bridgehead atoms. The van der Waals surface area contributed by atoms with Gasteiger partial charge in [-0.15, -0.1) is 0 Å². The zero-order chi connectivity index (χ0) is 19.2. The van der Waals surface area contributed by atoms with Crippen LogP contribution in [0.25, 0.3) is 10.8 Å². The van der Waals surface area contributed by atoms with E-state index in [2.05, 4.69) is 15.3 Å². The van der Waals surface area contributed by atoms with Crippen molar-refractivity contribution in [3.05, 3.63) is 12.1 Å². The Morgan fingerprint density at radius 2 is 1.52 bits per heavy atom. The van der Waals surface area contributed by atoms with Crippen LogP contribution in [-0.2, 0) is 20.2 Å². The molecular weight excluding hydrogens is 378 g/mol. The standard InChI is InChI=1S/C11H11N5O7S2/c1-14-16-9-5(24(18,19)20)2-4-3-6(25(21,22)23)10(15-13)11(17)7(4)8(9)12/h2-3,13,17H,12H2,1H3,(H,18,19,20)(H,21,22,23). The van der Waals surface area contributed by atoms with Crippen LogP contribution in [0.1, 0.15) is 0 Å². The largest absolute Gasteiger partial charge is 0.505 e. The first-order chi connectivity index (χ1) is 11.4. The molecule has 0 spiro atoms. The first-order valence-corrected chi connectivity index (χ1v) is 9.06. The lowest BCUT2D eigenvalue weighted by molar-refractivity contribution is 0.472. The Morgan fingerprint density at radius 3 is 1.92 bits per heavy atom. The van der Waals surface area contributed by atoms with Gasteiger partial charge >= 0.3 is 0 Å². The Hall–Kier alpha value is -2.68. The van der Waals surface area contributed by atoms with Crippen LogP contribution in [0.5, 0.6) is 5.75 Å². The van der Waals surface area contributed by atoms with E-state index in [0.717, 1.165) is 12.1 Å². The minimum atomic E-state index is -4.91. The number of aromatic hydroxyl groups is 1. The van der Waals surface area contributed by atoms with Crippen molar-refractivity contribution in [3.63, 3.8) is 0 Å². The summed E-state index contributed by atoms with van der Waals surface area (Å²) in [5.41, 5.74) is 11.0. The summed E-state index contributed by atoms with van der Waals surface area (Å²) in [4.78, 5) is -1.74. The third-order valence-electron chi connectivity index (χ3n) is 3.18. The number of hydrogen-bond acceptors (Lipinski definition) is 10. The zero-order valence-corrected chi connectivity index (χ0v) is 14.0. The third kappa shape index (κ3) is 3.14. The quantitative estimate of drug-likeness (QED) is 0.295. The molecule has 0 aromatic heterocycles. The van der Waals surface area contributed by atoms with E-state index in [1.165, 1.54) is 7.05 Å². The number of nitrogen functional groups attached to an aromatic ring is 1. The van der Waals surface area contributed by atoms with Gasteiger partial charge in [0.2, 0.25) is 0 Å². The van der Waals surface area contributed by atoms with Crippen molar-refractivity contribution in [2.24, 2.45) is 15.3 Å². The zero-order valence-electron chi connectivity index (χ0n) is 12.4. The molecule has 2 rings (SSSR count). The third-order valence-corrected chi connectivity index (χ3v) is 4.92. The maximum Gasteiger partial charge on any atom is 0.296 e. The van der Waals surface area contributed by atoms with Gasteiger partial charge in [-0.25, -0.2) is 5.53 Å². The van der Waals surface area contributed by atoms with Gasteiger partial charge in [0.1, 0.15) is 21.2 Å². The fourth-order valence-electron chi connectivity index (χ4n) is 2.22. The van der Waals surface area contributed by atoms with Gasteiger partial charge < -0.3 is 10.8 Å². The Balaban J connectivity index is 3.20. The molecule has 0 saturated heterocycles. The molecule has 134 valence electrons. The average molecular weight is 389 g/mol. The van der Waals surface area contributed by atoms with Crippen LogP contribution in [0.3, 0.4) is 0 Å². The molecule has 0 aliphatic heterocycles. The molecular formula is C11H11N5O7S2. The average Bonchev–Trinajstić information content (AvgIpc) is 2.47. The van der Waals surface area contributed by atoms with Crippen molar-refractivity contribution >= 4 is 48.1 Å². The SMILES string of the molecule is CN=Nc1c(S(=O)(=O)O)cc2cc(S(=O)(=O)O)c(N=N)c(O)c2c1N. The van der Waals surface area contributed by atoms with E-state index in [1.54, 1.807) is 0 Å². The van der Waals surface area contributed by atoms with Crippen molar-refractivity contribution in [2.45, 2.75) is 9.79 Å². The van der Waals surface area contributed by atoms with Crippen LogP contribution in [0.2, 0.25) is 0 Å². The number of fused-ring (bicyclic) bond motifs is 1. The molecule has 6 N–H and O–H groups in total. The second-order valence-corrected chi connectivity index (χ2v) is 7.45. The van der Waals surface area contributed by atoms with Crippen LogP contribution < -0.4 is 5.73 Å². The molecule has 0 amide bonds. The number of nitrogens with two attached hydrogens (primary N) is 1. The summed E-state index contributed by atoms with van der Waals surface area (Å²) in [6, 6.07) is 1.53. The minimum absolute atomic E-state index is 0.266. The van der Waals surface area contributed by atoms with Crippen molar-refractivity contribution in [2.75, 3.05) is 12.8 Å². The molecule has 2 aromatic carbocycles. The van der Waals surface area contributed by atoms with E-state index in [4.69, 9.17) is 11.3 Å². The Labute approximate surface area is 141 Å². The van der Waals surface area contributed by atoms with Crippen LogP contribution in [0, 0.1) is 5.53 Å². The Morgan fingerprint density at radius 1 is 1.04 bits per heavy atom. The smallest absolute Gasteiger partial charge is 0.296 e. The Kier molecular flexibility index (Phi) is 4.47. The molecule has 0 fully saturated rings. The predicted octanol–water partition coefficient (Wildman–Crippen LogP) is 2.00. The number of nitrogens with zero attached hydrogens (tertiary/aromatic N) is 3. The van der Waals surface area contributed by atoms with Crippen molar-refractivity contribution in [1.82, 2.24) is 0 Å². The highest BCUT2D eigenvalue weighted by Crippen LogP contribution is 2.47. The molecule has 0 saturated carbocycles. The van der Waals surface area contributed by atoms with Gasteiger partial charge in [-0.1, -0.05) is 0 Å². The van der Waals surface area contributed by atoms with Crippen molar-refractivity contribution in [3.8, 4) is 5.75 Å². The molecule has 14 heteroatoms. The lowest BCUT2D eigenvalue weighted by Crippen LogP contribution is -2.03. The van der Waals surface area contributed by atoms with Crippen LogP contribution in [0.4, 0.5) is 17.1 Å². The second-order valence-electron chi connectivity index (χ2n) is 4.67. The first kappa shape index (κ1) is 18.7. The molecule has 0 unspecified atom stereocenters. The van der Waals surface area contributed by atoms with E-state index in [9.17, 15) is 31.0 Å². The molecule has 0 atom stereocenters. The lowest BCUT2D eigenvalue weighted by atomic mass is 10.1. The molecule has 12 nitrogen and oxygen atoms in total. The van der Waals surface area contributed by atoms with Crippen molar-refractivity contribution in [1.29, 1.82) is 5.53 Å². The number of phenolic OH excluding ortho intramolecular Hbond substituents is 1. The summed E-state index contributed by atoms with van der Waals surface area (Å²) < 4.78 is 64.4. The molecule has 2 aromatic rings. The number of rotatable bonds is 4. The maximum atomic E-state index is 11.5. The summed E-state index contributed by atoms with van der Waals surface area (Å²) in [7, 11) is -8.55. The molecule has 0 aliphatic carbocycles. The van der Waals surface area contributed by atoms with Gasteiger partial charge in [-0.2, -0.15) is 32.2 Å². The first-order valence-electron chi connectivity index (χ1n) is 6.18. The Bertz CT molecular complexity index is 1140. The number of benzene rings is 2. The highest BCUT2D eigenvalue weighted by atomic mass is 32.2. The van der Waals surface area contributed by atoms with Crippen LogP contribution >= 0.6 is 0 Å². The van der Waals surface area contributed by atoms with E-state index < -0.39 is 52.8 Å². The summed E-state index contributed by atoms with van der Waals surface area (Å²) >= 11 is 0. The number of azo groups is 1. The molecule has 0 aliphatic rings. The van der Waals surface area contributed by atoms with Gasteiger partial charge in [0.05, 0.1) is 11.1 Å². The maximum absolute atomic E-state index is 11.5. The van der Waals surface area contributed by atoms with E-state index >= 15 is 0 Å². The predicted molar refractivity (Wildman–Crippen MR) is 84.9 cm³/mol. The fraction of sp³-hybridized carbons (Fsp3) is 0.0909. The summed E-state index contributed by atoms with van der Waals surface area (Å²) in [6.07, 6.45) is 0. The van der Waals surface area contributed by atoms with Gasteiger partial charge in [-0.3, -0.25) is 9.11 Å². The van der Waals surface area contributed by atoms with Gasteiger partial charge in [0.25, 0.3) is 20.2 Å². The van der Waals surface area contributed by atoms with Gasteiger partial charge in [-0.05, 0) is 17.5 Å². The van der Waals surface area contributed by atoms with E-state index in [0.29, 0.717) is 0 Å². The fourth-order valence-corrected chi connectivity index (χ4v) is 3.55. The van der Waals surface area contributed by atoms with Crippen LogP contribution in [0.15, 0.2) is 37.3 Å². The van der Waals surface area contributed by atoms with Crippen molar-refractivity contribution < 1.29 is 31.0 Å². The molecule has 25 heavy (non-hydrogen) atoms. The minimum Gasteiger partial charge on any atom is -0.505 e. The summed E-state index contributed by atoms with van der Waals surface area (Å²) in [6.45, 7) is 0. The second kappa shape index (κ2) is 5.99. The summed E-state index contributed by atoms with van der Waals surface area (Å²) in [5.74, 6) is -0.896. The molecule has 0 heterocycles. The normalized spacial score (nSPS) is 12.8. The van der Waals surface area contributed by atoms with E-state index in [-0.39, 0.29) is 10.8 Å². The van der Waals surface area contributed by atoms with Crippen LogP contribution in [-0.4, -0.2) is 38.1 Å². The monoisotopic (exact) mass is 389 g/mol. The number of phenols is 1. The number of anilines is 1. The highest BCUT2D eigenvalue weighted by Gasteiger charge is 2.27. The van der Waals surface area contributed by atoms with Gasteiger partial charge in [0.15, 0.2) is 5.75 Å². The molecule has 0 radical (unpaired) electrons. The van der Waals surface area contributed by atoms with Gasteiger partial charge in [0, 0.05) is 7.05 Å².